The maximum Gasteiger partial charge on any atom is 0.319 e. The normalized spacial score (nSPS) is 17.6. The highest BCUT2D eigenvalue weighted by atomic mass is 16.2. The van der Waals surface area contributed by atoms with E-state index in [0.29, 0.717) is 17.8 Å². The van der Waals surface area contributed by atoms with Crippen LogP contribution in [0.25, 0.3) is 0 Å². The van der Waals surface area contributed by atoms with E-state index in [1.54, 1.807) is 11.1 Å². The molecule has 0 aliphatic carbocycles. The van der Waals surface area contributed by atoms with Crippen LogP contribution in [0.15, 0.2) is 42.7 Å². The van der Waals surface area contributed by atoms with Crippen LogP contribution in [0, 0.1) is 0 Å². The smallest absolute Gasteiger partial charge is 0.319 e. The Balaban J connectivity index is 1.55. The van der Waals surface area contributed by atoms with Gasteiger partial charge in [0.1, 0.15) is 0 Å². The molecule has 1 atom stereocenters. The fraction of sp³-hybridized carbons (Fsp3) is 0.312. The van der Waals surface area contributed by atoms with E-state index < -0.39 is 0 Å². The van der Waals surface area contributed by atoms with E-state index >= 15 is 0 Å². The number of aromatic nitrogens is 2. The minimum absolute atomic E-state index is 0.00680. The molecule has 3 N–H and O–H groups in total. The fourth-order valence-corrected chi connectivity index (χ4v) is 2.71. The average Bonchev–Trinajstić information content (AvgIpc) is 3.08. The Hall–Kier alpha value is -2.83. The maximum atomic E-state index is 12.5. The monoisotopic (exact) mass is 313 g/mol. The maximum absolute atomic E-state index is 12.5. The first-order valence-electron chi connectivity index (χ1n) is 7.63. The molecule has 1 fully saturated rings. The molecule has 3 rings (SSSR count). The van der Waals surface area contributed by atoms with Gasteiger partial charge in [0.15, 0.2) is 0 Å². The standard InChI is InChI=1S/C16H19N5O2/c22-15(12-5-2-1-3-6-12)21-8-4-7-13(11-21)19-16(23)20-14-9-17-18-10-14/h1-3,5-6,9-10,13H,4,7-8,11H2,(H,17,18)(H2,19,20,23)/t13-/m0/s1. The van der Waals surface area contributed by atoms with Gasteiger partial charge in [-0.2, -0.15) is 5.10 Å². The Kier molecular flexibility index (Phi) is 4.56. The van der Waals surface area contributed by atoms with Crippen LogP contribution in [-0.2, 0) is 0 Å². The van der Waals surface area contributed by atoms with Crippen molar-refractivity contribution in [2.75, 3.05) is 18.4 Å². The lowest BCUT2D eigenvalue weighted by Gasteiger charge is -2.33. The Morgan fingerprint density at radius 1 is 1.26 bits per heavy atom. The topological polar surface area (TPSA) is 90.1 Å². The molecule has 23 heavy (non-hydrogen) atoms. The number of nitrogens with one attached hydrogen (secondary N) is 3. The van der Waals surface area contributed by atoms with E-state index in [1.807, 2.05) is 30.3 Å². The quantitative estimate of drug-likeness (QED) is 0.807. The number of urea groups is 1. The van der Waals surface area contributed by atoms with Crippen LogP contribution >= 0.6 is 0 Å². The van der Waals surface area contributed by atoms with Gasteiger partial charge in [-0.15, -0.1) is 0 Å². The zero-order chi connectivity index (χ0) is 16.1. The number of H-pyrrole nitrogens is 1. The lowest BCUT2D eigenvalue weighted by Crippen LogP contribution is -2.50. The lowest BCUT2D eigenvalue weighted by atomic mass is 10.0. The van der Waals surface area contributed by atoms with E-state index in [9.17, 15) is 9.59 Å². The molecule has 0 bridgehead atoms. The summed E-state index contributed by atoms with van der Waals surface area (Å²) < 4.78 is 0. The number of hydrogen-bond donors (Lipinski definition) is 3. The van der Waals surface area contributed by atoms with Gasteiger partial charge in [-0.1, -0.05) is 18.2 Å². The number of amides is 3. The molecule has 0 unspecified atom stereocenters. The Morgan fingerprint density at radius 3 is 2.83 bits per heavy atom. The summed E-state index contributed by atoms with van der Waals surface area (Å²) in [6, 6.07) is 8.87. The molecule has 1 aromatic heterocycles. The highest BCUT2D eigenvalue weighted by molar-refractivity contribution is 5.94. The molecule has 3 amide bonds. The van der Waals surface area contributed by atoms with Crippen molar-refractivity contribution in [1.82, 2.24) is 20.4 Å². The molecular formula is C16H19N5O2. The van der Waals surface area contributed by atoms with Crippen molar-refractivity contribution in [3.8, 4) is 0 Å². The van der Waals surface area contributed by atoms with Crippen LogP contribution in [0.2, 0.25) is 0 Å². The van der Waals surface area contributed by atoms with Gasteiger partial charge < -0.3 is 15.5 Å². The number of carbonyl (C=O) groups is 2. The zero-order valence-corrected chi connectivity index (χ0v) is 12.7. The van der Waals surface area contributed by atoms with Crippen molar-refractivity contribution in [2.24, 2.45) is 0 Å². The predicted molar refractivity (Wildman–Crippen MR) is 86.1 cm³/mol. The van der Waals surface area contributed by atoms with Gasteiger partial charge in [-0.25, -0.2) is 4.79 Å². The molecule has 1 aromatic carbocycles. The first-order chi connectivity index (χ1) is 11.2. The zero-order valence-electron chi connectivity index (χ0n) is 12.7. The summed E-state index contributed by atoms with van der Waals surface area (Å²) in [5.41, 5.74) is 1.28. The number of benzene rings is 1. The molecular weight excluding hydrogens is 294 g/mol. The summed E-state index contributed by atoms with van der Waals surface area (Å²) in [5, 5.41) is 12.0. The number of nitrogens with zero attached hydrogens (tertiary/aromatic N) is 2. The average molecular weight is 313 g/mol. The van der Waals surface area contributed by atoms with Gasteiger partial charge in [0.05, 0.1) is 11.9 Å². The van der Waals surface area contributed by atoms with Crippen molar-refractivity contribution >= 4 is 17.6 Å². The first-order valence-corrected chi connectivity index (χ1v) is 7.63. The number of aromatic amines is 1. The van der Waals surface area contributed by atoms with Crippen LogP contribution in [0.1, 0.15) is 23.2 Å². The van der Waals surface area contributed by atoms with Gasteiger partial charge in [0, 0.05) is 30.9 Å². The summed E-state index contributed by atoms with van der Waals surface area (Å²) in [6.45, 7) is 1.24. The SMILES string of the molecule is O=C(Nc1cn[nH]c1)N[C@H]1CCCN(C(=O)c2ccccc2)C1. The third-order valence-corrected chi connectivity index (χ3v) is 3.82. The second-order valence-corrected chi connectivity index (χ2v) is 5.54. The number of piperidine rings is 1. The van der Waals surface area contributed by atoms with Gasteiger partial charge >= 0.3 is 6.03 Å². The third kappa shape index (κ3) is 3.88. The molecule has 0 radical (unpaired) electrons. The molecule has 1 aliphatic rings. The minimum Gasteiger partial charge on any atom is -0.337 e. The molecule has 120 valence electrons. The third-order valence-electron chi connectivity index (χ3n) is 3.82. The Morgan fingerprint density at radius 2 is 2.09 bits per heavy atom. The van der Waals surface area contributed by atoms with Crippen molar-refractivity contribution < 1.29 is 9.59 Å². The molecule has 7 heteroatoms. The van der Waals surface area contributed by atoms with Crippen molar-refractivity contribution in [3.63, 3.8) is 0 Å². The molecule has 2 heterocycles. The number of anilines is 1. The summed E-state index contributed by atoms with van der Waals surface area (Å²) >= 11 is 0. The largest absolute Gasteiger partial charge is 0.337 e. The number of rotatable bonds is 3. The summed E-state index contributed by atoms with van der Waals surface area (Å²) in [7, 11) is 0. The van der Waals surface area contributed by atoms with E-state index in [1.165, 1.54) is 6.20 Å². The molecule has 0 saturated carbocycles. The highest BCUT2D eigenvalue weighted by Gasteiger charge is 2.25. The molecule has 1 aliphatic heterocycles. The van der Waals surface area contributed by atoms with E-state index in [4.69, 9.17) is 0 Å². The summed E-state index contributed by atoms with van der Waals surface area (Å²) in [6.07, 6.45) is 4.87. The van der Waals surface area contributed by atoms with Crippen molar-refractivity contribution in [3.05, 3.63) is 48.3 Å². The summed E-state index contributed by atoms with van der Waals surface area (Å²) in [5.74, 6) is 0.00680. The second kappa shape index (κ2) is 6.95. The van der Waals surface area contributed by atoms with Gasteiger partial charge in [-0.3, -0.25) is 9.89 Å². The van der Waals surface area contributed by atoms with Crippen LogP contribution < -0.4 is 10.6 Å². The highest BCUT2D eigenvalue weighted by Crippen LogP contribution is 2.14. The van der Waals surface area contributed by atoms with Crippen LogP contribution in [0.4, 0.5) is 10.5 Å². The van der Waals surface area contributed by atoms with E-state index in [2.05, 4.69) is 20.8 Å². The van der Waals surface area contributed by atoms with E-state index in [0.717, 1.165) is 19.4 Å². The lowest BCUT2D eigenvalue weighted by molar-refractivity contribution is 0.0698. The Bertz CT molecular complexity index is 656. The second-order valence-electron chi connectivity index (χ2n) is 5.54. The first kappa shape index (κ1) is 15.1. The summed E-state index contributed by atoms with van der Waals surface area (Å²) in [4.78, 5) is 26.2. The number of hydrogen-bond acceptors (Lipinski definition) is 3. The molecule has 0 spiro atoms. The number of likely N-dealkylation sites (tertiary alicyclic amines) is 1. The van der Waals surface area contributed by atoms with Crippen molar-refractivity contribution in [2.45, 2.75) is 18.9 Å². The minimum atomic E-state index is -0.287. The van der Waals surface area contributed by atoms with Crippen LogP contribution in [-0.4, -0.2) is 46.2 Å². The Labute approximate surface area is 134 Å². The van der Waals surface area contributed by atoms with Crippen LogP contribution in [0.5, 0.6) is 0 Å². The van der Waals surface area contributed by atoms with Crippen LogP contribution in [0.3, 0.4) is 0 Å². The predicted octanol–water partition coefficient (Wildman–Crippen LogP) is 1.84. The van der Waals surface area contributed by atoms with E-state index in [-0.39, 0.29) is 18.0 Å². The van der Waals surface area contributed by atoms with Gasteiger partial charge in [0.2, 0.25) is 0 Å². The molecule has 7 nitrogen and oxygen atoms in total. The van der Waals surface area contributed by atoms with Gasteiger partial charge in [0.25, 0.3) is 5.91 Å². The molecule has 2 aromatic rings. The van der Waals surface area contributed by atoms with Gasteiger partial charge in [-0.05, 0) is 25.0 Å². The van der Waals surface area contributed by atoms with Crippen molar-refractivity contribution in [1.29, 1.82) is 0 Å². The fourth-order valence-electron chi connectivity index (χ4n) is 2.71. The number of carbonyl (C=O) groups excluding carboxylic acids is 2. The molecule has 1 saturated heterocycles.